The molecule has 0 aliphatic rings. The first-order chi connectivity index (χ1) is 7.65. The van der Waals surface area contributed by atoms with Crippen molar-refractivity contribution in [3.05, 3.63) is 46.8 Å². The summed E-state index contributed by atoms with van der Waals surface area (Å²) in [5.74, 6) is 0.0371. The van der Waals surface area contributed by atoms with Gasteiger partial charge in [0.15, 0.2) is 10.4 Å². The summed E-state index contributed by atoms with van der Waals surface area (Å²) in [6.07, 6.45) is 0. The predicted molar refractivity (Wildman–Crippen MR) is 62.5 cm³/mol. The second kappa shape index (κ2) is 4.40. The van der Waals surface area contributed by atoms with Gasteiger partial charge in [-0.3, -0.25) is 4.79 Å². The van der Waals surface area contributed by atoms with E-state index in [4.69, 9.17) is 9.52 Å². The fraction of sp³-hybridized carbons (Fsp3) is 0. The number of halogens is 1. The Balaban J connectivity index is 2.10. The van der Waals surface area contributed by atoms with Gasteiger partial charge in [0.2, 0.25) is 0 Å². The average Bonchev–Trinajstić information content (AvgIpc) is 2.68. The summed E-state index contributed by atoms with van der Waals surface area (Å²) in [6.45, 7) is 0. The number of carbonyl (C=O) groups excluding carboxylic acids is 1. The Morgan fingerprint density at radius 1 is 1.19 bits per heavy atom. The van der Waals surface area contributed by atoms with Gasteiger partial charge in [0, 0.05) is 5.69 Å². The molecule has 0 radical (unpaired) electrons. The minimum absolute atomic E-state index is 0.152. The molecule has 1 aromatic carbocycles. The Hall–Kier alpha value is -1.75. The third kappa shape index (κ3) is 2.43. The molecule has 2 N–H and O–H groups in total. The largest absolute Gasteiger partial charge is 0.508 e. The van der Waals surface area contributed by atoms with Gasteiger partial charge in [-0.05, 0) is 52.3 Å². The molecule has 16 heavy (non-hydrogen) atoms. The molecule has 2 rings (SSSR count). The van der Waals surface area contributed by atoms with Crippen molar-refractivity contribution >= 4 is 27.5 Å². The number of carbonyl (C=O) groups is 1. The van der Waals surface area contributed by atoms with Crippen LogP contribution < -0.4 is 5.32 Å². The number of nitrogens with one attached hydrogen (secondary N) is 1. The first-order valence-corrected chi connectivity index (χ1v) is 5.30. The molecule has 0 unspecified atom stereocenters. The SMILES string of the molecule is O=C(Nc1ccc(O)cc1)c1ccc(Br)o1. The van der Waals surface area contributed by atoms with Gasteiger partial charge in [0.1, 0.15) is 5.75 Å². The van der Waals surface area contributed by atoms with E-state index in [0.29, 0.717) is 10.4 Å². The number of hydrogen-bond donors (Lipinski definition) is 2. The Morgan fingerprint density at radius 3 is 2.44 bits per heavy atom. The standard InChI is InChI=1S/C11H8BrNO3/c12-10-6-5-9(16-10)11(15)13-7-1-3-8(14)4-2-7/h1-6,14H,(H,13,15). The highest BCUT2D eigenvalue weighted by Gasteiger charge is 2.10. The monoisotopic (exact) mass is 281 g/mol. The van der Waals surface area contributed by atoms with Crippen LogP contribution in [0.5, 0.6) is 5.75 Å². The van der Waals surface area contributed by atoms with Crippen molar-refractivity contribution in [1.29, 1.82) is 0 Å². The molecule has 1 aromatic heterocycles. The van der Waals surface area contributed by atoms with Crippen molar-refractivity contribution in [2.75, 3.05) is 5.32 Å². The van der Waals surface area contributed by atoms with Gasteiger partial charge in [0.25, 0.3) is 5.91 Å². The van der Waals surface area contributed by atoms with Crippen LogP contribution in [0.15, 0.2) is 45.5 Å². The maximum absolute atomic E-state index is 11.6. The molecule has 4 nitrogen and oxygen atoms in total. The molecule has 82 valence electrons. The molecule has 1 amide bonds. The summed E-state index contributed by atoms with van der Waals surface area (Å²) >= 11 is 3.12. The highest BCUT2D eigenvalue weighted by atomic mass is 79.9. The summed E-state index contributed by atoms with van der Waals surface area (Å²) in [7, 11) is 0. The molecule has 0 saturated heterocycles. The van der Waals surface area contributed by atoms with Crippen LogP contribution in [-0.2, 0) is 0 Å². The molecule has 0 spiro atoms. The summed E-state index contributed by atoms with van der Waals surface area (Å²) in [4.78, 5) is 11.6. The van der Waals surface area contributed by atoms with Gasteiger partial charge < -0.3 is 14.8 Å². The Kier molecular flexibility index (Phi) is 2.96. The lowest BCUT2D eigenvalue weighted by atomic mass is 10.3. The minimum atomic E-state index is -0.337. The molecule has 0 fully saturated rings. The Bertz CT molecular complexity index is 504. The topological polar surface area (TPSA) is 62.5 Å². The van der Waals surface area contributed by atoms with E-state index >= 15 is 0 Å². The second-order valence-corrected chi connectivity index (χ2v) is 3.89. The molecule has 0 bridgehead atoms. The minimum Gasteiger partial charge on any atom is -0.508 e. The molecular weight excluding hydrogens is 274 g/mol. The summed E-state index contributed by atoms with van der Waals surface area (Å²) in [5.41, 5.74) is 0.593. The third-order valence-corrected chi connectivity index (χ3v) is 2.35. The number of benzene rings is 1. The van der Waals surface area contributed by atoms with Gasteiger partial charge in [-0.15, -0.1) is 0 Å². The maximum atomic E-state index is 11.6. The van der Waals surface area contributed by atoms with Crippen LogP contribution in [-0.4, -0.2) is 11.0 Å². The number of furan rings is 1. The Morgan fingerprint density at radius 2 is 1.88 bits per heavy atom. The molecular formula is C11H8BrNO3. The van der Waals surface area contributed by atoms with E-state index < -0.39 is 0 Å². The van der Waals surface area contributed by atoms with Crippen molar-refractivity contribution in [1.82, 2.24) is 0 Å². The van der Waals surface area contributed by atoms with Crippen LogP contribution in [0, 0.1) is 0 Å². The van der Waals surface area contributed by atoms with Crippen LogP contribution in [0.2, 0.25) is 0 Å². The zero-order valence-electron chi connectivity index (χ0n) is 8.11. The summed E-state index contributed by atoms with van der Waals surface area (Å²) in [5, 5.41) is 11.7. The summed E-state index contributed by atoms with van der Waals surface area (Å²) < 4.78 is 5.60. The second-order valence-electron chi connectivity index (χ2n) is 3.10. The van der Waals surface area contributed by atoms with E-state index in [-0.39, 0.29) is 17.4 Å². The van der Waals surface area contributed by atoms with Crippen molar-refractivity contribution in [3.63, 3.8) is 0 Å². The van der Waals surface area contributed by atoms with E-state index in [0.717, 1.165) is 0 Å². The zero-order valence-corrected chi connectivity index (χ0v) is 9.69. The lowest BCUT2D eigenvalue weighted by Crippen LogP contribution is -2.10. The van der Waals surface area contributed by atoms with Crippen molar-refractivity contribution in [2.24, 2.45) is 0 Å². The van der Waals surface area contributed by atoms with Gasteiger partial charge >= 0.3 is 0 Å². The molecule has 1 heterocycles. The number of rotatable bonds is 2. The maximum Gasteiger partial charge on any atom is 0.291 e. The normalized spacial score (nSPS) is 10.1. The van der Waals surface area contributed by atoms with Crippen LogP contribution in [0.1, 0.15) is 10.6 Å². The first-order valence-electron chi connectivity index (χ1n) is 4.51. The van der Waals surface area contributed by atoms with E-state index in [1.807, 2.05) is 0 Å². The fourth-order valence-electron chi connectivity index (χ4n) is 1.17. The molecule has 0 atom stereocenters. The van der Waals surface area contributed by atoms with E-state index in [1.54, 1.807) is 24.3 Å². The van der Waals surface area contributed by atoms with Gasteiger partial charge in [-0.25, -0.2) is 0 Å². The molecule has 0 saturated carbocycles. The third-order valence-electron chi connectivity index (χ3n) is 1.92. The van der Waals surface area contributed by atoms with E-state index in [2.05, 4.69) is 21.2 Å². The lowest BCUT2D eigenvalue weighted by Gasteiger charge is -2.02. The highest BCUT2D eigenvalue weighted by Crippen LogP contribution is 2.17. The van der Waals surface area contributed by atoms with Crippen LogP contribution in [0.25, 0.3) is 0 Å². The van der Waals surface area contributed by atoms with Crippen molar-refractivity contribution in [2.45, 2.75) is 0 Å². The van der Waals surface area contributed by atoms with Gasteiger partial charge in [-0.2, -0.15) is 0 Å². The van der Waals surface area contributed by atoms with E-state index in [1.165, 1.54) is 12.1 Å². The van der Waals surface area contributed by atoms with E-state index in [9.17, 15) is 4.79 Å². The van der Waals surface area contributed by atoms with Gasteiger partial charge in [-0.1, -0.05) is 0 Å². The zero-order chi connectivity index (χ0) is 11.5. The number of phenolic OH excluding ortho intramolecular Hbond substituents is 1. The molecule has 2 aromatic rings. The van der Waals surface area contributed by atoms with Crippen LogP contribution in [0.3, 0.4) is 0 Å². The van der Waals surface area contributed by atoms with Crippen molar-refractivity contribution < 1.29 is 14.3 Å². The van der Waals surface area contributed by atoms with Gasteiger partial charge in [0.05, 0.1) is 0 Å². The molecule has 5 heteroatoms. The average molecular weight is 282 g/mol. The number of phenols is 1. The molecule has 0 aliphatic carbocycles. The highest BCUT2D eigenvalue weighted by molar-refractivity contribution is 9.10. The number of anilines is 1. The quantitative estimate of drug-likeness (QED) is 0.832. The van der Waals surface area contributed by atoms with Crippen molar-refractivity contribution in [3.8, 4) is 5.75 Å². The van der Waals surface area contributed by atoms with Crippen LogP contribution in [0.4, 0.5) is 5.69 Å². The fourth-order valence-corrected chi connectivity index (χ4v) is 1.48. The Labute approximate surface area is 100 Å². The molecule has 0 aliphatic heterocycles. The number of hydrogen-bond acceptors (Lipinski definition) is 3. The van der Waals surface area contributed by atoms with Crippen LogP contribution >= 0.6 is 15.9 Å². The number of aromatic hydroxyl groups is 1. The smallest absolute Gasteiger partial charge is 0.291 e. The number of amides is 1. The predicted octanol–water partition coefficient (Wildman–Crippen LogP) is 3.00. The lowest BCUT2D eigenvalue weighted by molar-refractivity contribution is 0.0995. The first kappa shape index (κ1) is 10.8. The summed E-state index contributed by atoms with van der Waals surface area (Å²) in [6, 6.07) is 9.41.